The molecule has 1 amide bonds. The average molecular weight is 345 g/mol. The van der Waals surface area contributed by atoms with Gasteiger partial charge < -0.3 is 4.74 Å². The molecule has 0 unspecified atom stereocenters. The Labute approximate surface area is 142 Å². The maximum absolute atomic E-state index is 13.4. The van der Waals surface area contributed by atoms with Gasteiger partial charge in [0, 0.05) is 0 Å². The minimum atomic E-state index is -0.407. The molecule has 1 heterocycles. The summed E-state index contributed by atoms with van der Waals surface area (Å²) in [6.45, 7) is 0. The molecule has 0 spiro atoms. The number of carbonyl (C=O) groups is 1. The number of nitrogens with zero attached hydrogens (tertiary/aromatic N) is 1. The number of benzene rings is 2. The summed E-state index contributed by atoms with van der Waals surface area (Å²) in [6.07, 6.45) is 1.76. The summed E-state index contributed by atoms with van der Waals surface area (Å²) in [6, 6.07) is 13.2. The van der Waals surface area contributed by atoms with E-state index in [0.29, 0.717) is 14.9 Å². The molecule has 0 saturated carbocycles. The summed E-state index contributed by atoms with van der Waals surface area (Å²) >= 11 is 6.46. The van der Waals surface area contributed by atoms with Crippen LogP contribution in [0.1, 0.15) is 5.56 Å². The number of thiocarbonyl (C=S) groups is 1. The van der Waals surface area contributed by atoms with E-state index in [0.717, 1.165) is 11.3 Å². The molecule has 116 valence electrons. The number of halogens is 1. The highest BCUT2D eigenvalue weighted by molar-refractivity contribution is 8.27. The lowest BCUT2D eigenvalue weighted by Crippen LogP contribution is -2.27. The highest BCUT2D eigenvalue weighted by Crippen LogP contribution is 2.36. The van der Waals surface area contributed by atoms with Crippen molar-refractivity contribution < 1.29 is 13.9 Å². The van der Waals surface area contributed by atoms with Gasteiger partial charge in [-0.1, -0.05) is 42.2 Å². The second-order valence-corrected chi connectivity index (χ2v) is 6.45. The molecule has 0 aliphatic carbocycles. The summed E-state index contributed by atoms with van der Waals surface area (Å²) in [7, 11) is 1.60. The van der Waals surface area contributed by atoms with Crippen molar-refractivity contribution in [3.63, 3.8) is 0 Å². The fourth-order valence-electron chi connectivity index (χ4n) is 2.16. The van der Waals surface area contributed by atoms with Crippen molar-refractivity contribution in [2.45, 2.75) is 0 Å². The van der Waals surface area contributed by atoms with E-state index in [1.807, 2.05) is 24.3 Å². The fourth-order valence-corrected chi connectivity index (χ4v) is 3.46. The zero-order chi connectivity index (χ0) is 16.4. The molecule has 2 aromatic carbocycles. The van der Waals surface area contributed by atoms with E-state index in [1.54, 1.807) is 25.3 Å². The molecule has 1 fully saturated rings. The van der Waals surface area contributed by atoms with Crippen LogP contribution in [0, 0.1) is 5.82 Å². The van der Waals surface area contributed by atoms with Crippen LogP contribution in [0.25, 0.3) is 6.08 Å². The predicted octanol–water partition coefficient (Wildman–Crippen LogP) is 4.24. The van der Waals surface area contributed by atoms with Gasteiger partial charge >= 0.3 is 0 Å². The number of rotatable bonds is 3. The van der Waals surface area contributed by atoms with Gasteiger partial charge in [-0.2, -0.15) is 0 Å². The molecule has 0 aromatic heterocycles. The third-order valence-electron chi connectivity index (χ3n) is 3.27. The Balaban J connectivity index is 1.89. The molecule has 1 aliphatic heterocycles. The first-order chi connectivity index (χ1) is 11.1. The van der Waals surface area contributed by atoms with Crippen LogP contribution in [0.5, 0.6) is 5.75 Å². The third-order valence-corrected chi connectivity index (χ3v) is 4.58. The summed E-state index contributed by atoms with van der Waals surface area (Å²) in [4.78, 5) is 14.4. The molecule has 0 atom stereocenters. The van der Waals surface area contributed by atoms with Crippen LogP contribution < -0.4 is 9.64 Å². The highest BCUT2D eigenvalue weighted by atomic mass is 32.2. The molecule has 1 saturated heterocycles. The van der Waals surface area contributed by atoms with Crippen LogP contribution in [0.2, 0.25) is 0 Å². The predicted molar refractivity (Wildman–Crippen MR) is 95.0 cm³/mol. The number of thioether (sulfide) groups is 1. The molecule has 3 nitrogen and oxygen atoms in total. The summed E-state index contributed by atoms with van der Waals surface area (Å²) in [5.74, 6) is 0.0894. The van der Waals surface area contributed by atoms with Crippen LogP contribution in [-0.2, 0) is 4.79 Å². The lowest BCUT2D eigenvalue weighted by Gasteiger charge is -2.14. The Bertz CT molecular complexity index is 802. The molecule has 0 bridgehead atoms. The van der Waals surface area contributed by atoms with Crippen LogP contribution in [0.3, 0.4) is 0 Å². The fraction of sp³-hybridized carbons (Fsp3) is 0.0588. The number of anilines is 1. The minimum Gasteiger partial charge on any atom is -0.497 e. The lowest BCUT2D eigenvalue weighted by molar-refractivity contribution is -0.113. The molecule has 23 heavy (non-hydrogen) atoms. The van der Waals surface area contributed by atoms with Crippen molar-refractivity contribution in [2.75, 3.05) is 12.0 Å². The van der Waals surface area contributed by atoms with Crippen molar-refractivity contribution in [3.8, 4) is 5.75 Å². The Morgan fingerprint density at radius 1 is 1.22 bits per heavy atom. The van der Waals surface area contributed by atoms with Gasteiger partial charge in [-0.25, -0.2) is 4.39 Å². The monoisotopic (exact) mass is 345 g/mol. The number of methoxy groups -OCH3 is 1. The first-order valence-corrected chi connectivity index (χ1v) is 7.98. The molecular formula is C17H12FNO2S2. The Morgan fingerprint density at radius 2 is 1.96 bits per heavy atom. The highest BCUT2D eigenvalue weighted by Gasteiger charge is 2.33. The zero-order valence-corrected chi connectivity index (χ0v) is 13.8. The van der Waals surface area contributed by atoms with E-state index in [-0.39, 0.29) is 5.91 Å². The van der Waals surface area contributed by atoms with E-state index in [4.69, 9.17) is 17.0 Å². The van der Waals surface area contributed by atoms with Crippen molar-refractivity contribution >= 4 is 46.0 Å². The summed E-state index contributed by atoms with van der Waals surface area (Å²) in [5.41, 5.74) is 1.30. The quantitative estimate of drug-likeness (QED) is 0.615. The van der Waals surface area contributed by atoms with Crippen molar-refractivity contribution in [1.82, 2.24) is 0 Å². The van der Waals surface area contributed by atoms with E-state index in [1.165, 1.54) is 28.8 Å². The van der Waals surface area contributed by atoms with Gasteiger partial charge in [-0.15, -0.1) is 0 Å². The number of carbonyl (C=O) groups excluding carboxylic acids is 1. The Kier molecular flexibility index (Phi) is 4.45. The maximum atomic E-state index is 13.4. The van der Waals surface area contributed by atoms with E-state index in [2.05, 4.69) is 0 Å². The van der Waals surface area contributed by atoms with Crippen LogP contribution in [0.15, 0.2) is 53.4 Å². The smallest absolute Gasteiger partial charge is 0.270 e. The van der Waals surface area contributed by atoms with Gasteiger partial charge in [-0.3, -0.25) is 9.69 Å². The van der Waals surface area contributed by atoms with Crippen LogP contribution in [-0.4, -0.2) is 17.3 Å². The Morgan fingerprint density at radius 3 is 2.61 bits per heavy atom. The second-order valence-electron chi connectivity index (χ2n) is 4.77. The average Bonchev–Trinajstić information content (AvgIpc) is 2.82. The van der Waals surface area contributed by atoms with Gasteiger partial charge in [0.05, 0.1) is 17.7 Å². The SMILES string of the molecule is COc1ccc(/C=C2/SC(=S)N(c3cccc(F)c3)C2=O)cc1. The number of amides is 1. The maximum Gasteiger partial charge on any atom is 0.270 e. The Hall–Kier alpha value is -2.18. The van der Waals surface area contributed by atoms with Crippen molar-refractivity contribution in [2.24, 2.45) is 0 Å². The first-order valence-electron chi connectivity index (χ1n) is 6.76. The third kappa shape index (κ3) is 3.28. The molecule has 0 N–H and O–H groups in total. The molecule has 2 aromatic rings. The largest absolute Gasteiger partial charge is 0.497 e. The minimum absolute atomic E-state index is 0.249. The van der Waals surface area contributed by atoms with Gasteiger partial charge in [0.25, 0.3) is 5.91 Å². The molecule has 6 heteroatoms. The van der Waals surface area contributed by atoms with E-state index >= 15 is 0 Å². The van der Waals surface area contributed by atoms with Gasteiger partial charge in [0.1, 0.15) is 11.6 Å². The van der Waals surface area contributed by atoms with Gasteiger partial charge in [0.15, 0.2) is 4.32 Å². The van der Waals surface area contributed by atoms with Crippen LogP contribution in [0.4, 0.5) is 10.1 Å². The second kappa shape index (κ2) is 6.52. The molecular weight excluding hydrogens is 333 g/mol. The lowest BCUT2D eigenvalue weighted by atomic mass is 10.2. The molecule has 1 aliphatic rings. The van der Waals surface area contributed by atoms with Crippen LogP contribution >= 0.6 is 24.0 Å². The summed E-state index contributed by atoms with van der Waals surface area (Å²) < 4.78 is 18.9. The van der Waals surface area contributed by atoms with Gasteiger partial charge in [-0.05, 0) is 42.0 Å². The topological polar surface area (TPSA) is 29.5 Å². The van der Waals surface area contributed by atoms with E-state index < -0.39 is 5.82 Å². The summed E-state index contributed by atoms with van der Waals surface area (Å²) in [5, 5.41) is 0. The van der Waals surface area contributed by atoms with E-state index in [9.17, 15) is 9.18 Å². The number of ether oxygens (including phenoxy) is 1. The number of hydrogen-bond acceptors (Lipinski definition) is 4. The molecule has 0 radical (unpaired) electrons. The zero-order valence-electron chi connectivity index (χ0n) is 12.2. The van der Waals surface area contributed by atoms with Crippen molar-refractivity contribution in [1.29, 1.82) is 0 Å². The standard InChI is InChI=1S/C17H12FNO2S2/c1-21-14-7-5-11(6-8-14)9-15-16(20)19(17(22)23-15)13-4-2-3-12(18)10-13/h2-10H,1H3/b15-9+. The van der Waals surface area contributed by atoms with Crippen molar-refractivity contribution in [3.05, 3.63) is 64.8 Å². The van der Waals surface area contributed by atoms with Gasteiger partial charge in [0.2, 0.25) is 0 Å². The normalized spacial score (nSPS) is 16.3. The molecule has 3 rings (SSSR count). The number of hydrogen-bond donors (Lipinski definition) is 0. The first kappa shape index (κ1) is 15.7.